The molecule has 0 aromatic carbocycles. The third-order valence-corrected chi connectivity index (χ3v) is 4.46. The number of rotatable bonds is 8. The fourth-order valence-electron chi connectivity index (χ4n) is 2.58. The molecule has 29 heavy (non-hydrogen) atoms. The number of hydrogen-bond donors (Lipinski definition) is 4. The van der Waals surface area contributed by atoms with E-state index in [0.29, 0.717) is 40.5 Å². The van der Waals surface area contributed by atoms with Crippen molar-refractivity contribution in [3.05, 3.63) is 23.7 Å². The molecule has 0 saturated carbocycles. The van der Waals surface area contributed by atoms with Crippen LogP contribution in [0.15, 0.2) is 26.8 Å². The lowest BCUT2D eigenvalue weighted by Gasteiger charge is -2.25. The lowest BCUT2D eigenvalue weighted by Crippen LogP contribution is -2.35. The van der Waals surface area contributed by atoms with Gasteiger partial charge in [0.1, 0.15) is 11.5 Å². The Bertz CT molecular complexity index is 742. The van der Waals surface area contributed by atoms with Crippen LogP contribution < -0.4 is 21.5 Å². The van der Waals surface area contributed by atoms with Crippen molar-refractivity contribution in [3.8, 4) is 0 Å². The van der Waals surface area contributed by atoms with E-state index in [2.05, 4.69) is 36.6 Å². The highest BCUT2D eigenvalue weighted by atomic mass is 32.1. The number of furan rings is 1. The molecule has 0 unspecified atom stereocenters. The second kappa shape index (κ2) is 12.5. The van der Waals surface area contributed by atoms with Gasteiger partial charge < -0.3 is 19.8 Å². The zero-order chi connectivity index (χ0) is 21.1. The topological polar surface area (TPSA) is 98.5 Å². The summed E-state index contributed by atoms with van der Waals surface area (Å²) in [7, 11) is 0. The molecule has 4 N–H and O–H groups in total. The van der Waals surface area contributed by atoms with E-state index in [0.717, 1.165) is 38.6 Å². The average Bonchev–Trinajstić information content (AvgIpc) is 3.16. The van der Waals surface area contributed by atoms with Gasteiger partial charge in [-0.15, -0.1) is 0 Å². The second-order valence-electron chi connectivity index (χ2n) is 6.25. The number of hydrogen-bond acceptors (Lipinski definition) is 7. The van der Waals surface area contributed by atoms with E-state index >= 15 is 0 Å². The van der Waals surface area contributed by atoms with Gasteiger partial charge in [-0.25, -0.2) is 0 Å². The molecular formula is C18H29N7O2S2. The van der Waals surface area contributed by atoms with Gasteiger partial charge in [-0.05, 0) is 57.3 Å². The first-order valence-corrected chi connectivity index (χ1v) is 10.4. The first-order chi connectivity index (χ1) is 14.0. The minimum absolute atomic E-state index is 0.425. The highest BCUT2D eigenvalue weighted by molar-refractivity contribution is 7.80. The molecule has 1 saturated heterocycles. The van der Waals surface area contributed by atoms with Crippen LogP contribution in [0, 0.1) is 0 Å². The molecule has 2 heterocycles. The van der Waals surface area contributed by atoms with Crippen LogP contribution in [0.2, 0.25) is 0 Å². The maximum Gasteiger partial charge on any atom is 0.186 e. The zero-order valence-electron chi connectivity index (χ0n) is 17.1. The van der Waals surface area contributed by atoms with Gasteiger partial charge in [-0.2, -0.15) is 10.2 Å². The molecule has 0 amide bonds. The minimum Gasteiger partial charge on any atom is -0.458 e. The summed E-state index contributed by atoms with van der Waals surface area (Å²) in [5.74, 6) is 1.45. The van der Waals surface area contributed by atoms with Crippen LogP contribution in [0.25, 0.3) is 0 Å². The highest BCUT2D eigenvalue weighted by Crippen LogP contribution is 2.13. The fourth-order valence-corrected chi connectivity index (χ4v) is 2.96. The Morgan fingerprint density at radius 2 is 1.66 bits per heavy atom. The maximum absolute atomic E-state index is 6.04. The normalized spacial score (nSPS) is 15.7. The number of nitrogens with one attached hydrogen (secondary N) is 4. The maximum atomic E-state index is 6.04. The molecule has 2 rings (SSSR count). The molecular weight excluding hydrogens is 410 g/mol. The molecule has 1 fully saturated rings. The smallest absolute Gasteiger partial charge is 0.186 e. The lowest BCUT2D eigenvalue weighted by molar-refractivity contribution is 0.0313. The Balaban J connectivity index is 2.15. The molecule has 9 nitrogen and oxygen atoms in total. The molecule has 11 heteroatoms. The van der Waals surface area contributed by atoms with Crippen LogP contribution in [-0.4, -0.2) is 65.9 Å². The molecule has 0 spiro atoms. The van der Waals surface area contributed by atoms with E-state index in [1.807, 2.05) is 32.9 Å². The Morgan fingerprint density at radius 3 is 2.28 bits per heavy atom. The van der Waals surface area contributed by atoms with E-state index in [-0.39, 0.29) is 0 Å². The number of thiocarbonyl (C=S) groups is 2. The van der Waals surface area contributed by atoms with Crippen molar-refractivity contribution in [1.82, 2.24) is 26.4 Å². The molecule has 160 valence electrons. The lowest BCUT2D eigenvalue weighted by atomic mass is 10.2. The van der Waals surface area contributed by atoms with E-state index in [9.17, 15) is 0 Å². The predicted molar refractivity (Wildman–Crippen MR) is 123 cm³/mol. The van der Waals surface area contributed by atoms with Gasteiger partial charge in [-0.1, -0.05) is 0 Å². The first kappa shape index (κ1) is 23.2. The van der Waals surface area contributed by atoms with Crippen molar-refractivity contribution >= 4 is 46.1 Å². The molecule has 0 radical (unpaired) electrons. The zero-order valence-corrected chi connectivity index (χ0v) is 18.7. The Morgan fingerprint density at radius 1 is 1.03 bits per heavy atom. The third kappa shape index (κ3) is 8.05. The molecule has 1 aromatic heterocycles. The fraction of sp³-hybridized carbons (Fsp3) is 0.556. The molecule has 0 bridgehead atoms. The molecule has 0 atom stereocenters. The van der Waals surface area contributed by atoms with Crippen LogP contribution in [0.1, 0.15) is 32.3 Å². The Hall–Kier alpha value is -2.08. The van der Waals surface area contributed by atoms with Gasteiger partial charge in [0.15, 0.2) is 16.0 Å². The molecule has 1 aromatic rings. The Labute approximate surface area is 182 Å². The summed E-state index contributed by atoms with van der Waals surface area (Å²) in [4.78, 5) is 2.29. The summed E-state index contributed by atoms with van der Waals surface area (Å²) in [6.45, 7) is 11.1. The minimum atomic E-state index is 0.425. The van der Waals surface area contributed by atoms with Gasteiger partial charge in [0.25, 0.3) is 0 Å². The first-order valence-electron chi connectivity index (χ1n) is 9.62. The van der Waals surface area contributed by atoms with Crippen molar-refractivity contribution in [1.29, 1.82) is 0 Å². The number of hydrazone groups is 2. The van der Waals surface area contributed by atoms with Crippen LogP contribution >= 0.6 is 24.4 Å². The summed E-state index contributed by atoms with van der Waals surface area (Å²) in [6.07, 6.45) is 0. The molecule has 1 aliphatic rings. The molecule has 1 aliphatic heterocycles. The van der Waals surface area contributed by atoms with E-state index in [1.165, 1.54) is 0 Å². The number of ether oxygens (including phenoxy) is 1. The van der Waals surface area contributed by atoms with Gasteiger partial charge in [0.05, 0.1) is 25.5 Å². The average molecular weight is 440 g/mol. The van der Waals surface area contributed by atoms with E-state index < -0.39 is 0 Å². The molecule has 0 aliphatic carbocycles. The predicted octanol–water partition coefficient (Wildman–Crippen LogP) is 1.16. The van der Waals surface area contributed by atoms with Gasteiger partial charge >= 0.3 is 0 Å². The van der Waals surface area contributed by atoms with Crippen molar-refractivity contribution in [2.24, 2.45) is 10.2 Å². The number of nitrogens with zero attached hydrogens (tertiary/aromatic N) is 3. The van der Waals surface area contributed by atoms with Gasteiger partial charge in [0.2, 0.25) is 0 Å². The SMILES string of the molecule is CCNC(=S)N/N=C(/C(C)=N/NC(=S)NCC)c1ccc(CN2CCOCC2)o1. The van der Waals surface area contributed by atoms with Crippen LogP contribution in [0.5, 0.6) is 0 Å². The third-order valence-electron chi connectivity index (χ3n) is 3.99. The summed E-state index contributed by atoms with van der Waals surface area (Å²) in [5.41, 5.74) is 6.77. The van der Waals surface area contributed by atoms with Crippen LogP contribution in [-0.2, 0) is 11.3 Å². The summed E-state index contributed by atoms with van der Waals surface area (Å²) in [6, 6.07) is 3.83. The largest absolute Gasteiger partial charge is 0.458 e. The second-order valence-corrected chi connectivity index (χ2v) is 7.07. The summed E-state index contributed by atoms with van der Waals surface area (Å²) < 4.78 is 11.4. The van der Waals surface area contributed by atoms with Crippen LogP contribution in [0.4, 0.5) is 0 Å². The van der Waals surface area contributed by atoms with E-state index in [1.54, 1.807) is 0 Å². The Kier molecular flexibility index (Phi) is 9.98. The summed E-state index contributed by atoms with van der Waals surface area (Å²) >= 11 is 10.4. The van der Waals surface area contributed by atoms with Crippen molar-refractivity contribution in [2.75, 3.05) is 39.4 Å². The van der Waals surface area contributed by atoms with Gasteiger partial charge in [-0.3, -0.25) is 15.8 Å². The highest BCUT2D eigenvalue weighted by Gasteiger charge is 2.17. The standard InChI is InChI=1S/C18H29N7O2S2/c1-4-19-17(28)23-21-13(3)16(22-24-18(29)20-5-2)15-7-6-14(27-15)12-25-8-10-26-11-9-25/h6-7H,4-5,8-12H2,1-3H3,(H2,19,23,28)(H2,20,24,29)/b21-13+,22-16-. The number of morpholine rings is 1. The van der Waals surface area contributed by atoms with Crippen molar-refractivity contribution in [2.45, 2.75) is 27.3 Å². The summed E-state index contributed by atoms with van der Waals surface area (Å²) in [5, 5.41) is 15.6. The van der Waals surface area contributed by atoms with E-state index in [4.69, 9.17) is 33.6 Å². The monoisotopic (exact) mass is 439 g/mol. The van der Waals surface area contributed by atoms with Crippen molar-refractivity contribution in [3.63, 3.8) is 0 Å². The quantitative estimate of drug-likeness (QED) is 0.270. The van der Waals surface area contributed by atoms with Gasteiger partial charge in [0, 0.05) is 26.2 Å². The van der Waals surface area contributed by atoms with Crippen molar-refractivity contribution < 1.29 is 9.15 Å². The van der Waals surface area contributed by atoms with Crippen LogP contribution in [0.3, 0.4) is 0 Å².